The predicted molar refractivity (Wildman–Crippen MR) is 121 cm³/mol. The Balaban J connectivity index is 1.69. The number of aryl methyl sites for hydroxylation is 1. The van der Waals surface area contributed by atoms with Crippen molar-refractivity contribution >= 4 is 46.0 Å². The summed E-state index contributed by atoms with van der Waals surface area (Å²) in [5.74, 6) is -0.644. The number of hydrogen-bond donors (Lipinski definition) is 0. The molecule has 2 aliphatic heterocycles. The van der Waals surface area contributed by atoms with Gasteiger partial charge in [-0.15, -0.1) is 11.8 Å². The van der Waals surface area contributed by atoms with Gasteiger partial charge in [0, 0.05) is 12.2 Å². The Kier molecular flexibility index (Phi) is 6.26. The number of aromatic nitrogens is 1. The molecule has 0 saturated carbocycles. The van der Waals surface area contributed by atoms with Crippen molar-refractivity contribution in [1.29, 1.82) is 0 Å². The van der Waals surface area contributed by atoms with Gasteiger partial charge >= 0.3 is 5.97 Å². The Bertz CT molecular complexity index is 1060. The third kappa shape index (κ3) is 4.13. The molecule has 4 rings (SSSR count). The molecule has 0 aliphatic carbocycles. The maximum absolute atomic E-state index is 13.8. The molecule has 2 aromatic rings. The van der Waals surface area contributed by atoms with Crippen LogP contribution in [0.5, 0.6) is 0 Å². The summed E-state index contributed by atoms with van der Waals surface area (Å²) in [6.45, 7) is 5.79. The Labute approximate surface area is 193 Å². The van der Waals surface area contributed by atoms with E-state index >= 15 is 0 Å². The first kappa shape index (κ1) is 22.7. The molecule has 7 nitrogen and oxygen atoms in total. The first-order valence-electron chi connectivity index (χ1n) is 10.4. The molecule has 2 saturated heterocycles. The number of halogens is 1. The molecule has 170 valence electrons. The lowest BCUT2D eigenvalue weighted by atomic mass is 10.1. The lowest BCUT2D eigenvalue weighted by Gasteiger charge is -2.32. The van der Waals surface area contributed by atoms with Gasteiger partial charge in [-0.05, 0) is 44.9 Å². The van der Waals surface area contributed by atoms with E-state index in [0.29, 0.717) is 39.9 Å². The number of carbonyl (C=O) groups is 3. The second kappa shape index (κ2) is 8.82. The minimum Gasteiger partial charge on any atom is -0.462 e. The molecule has 2 aliphatic rings. The molecule has 1 aromatic carbocycles. The van der Waals surface area contributed by atoms with E-state index in [4.69, 9.17) is 4.74 Å². The summed E-state index contributed by atoms with van der Waals surface area (Å²) in [7, 11) is 0. The fraction of sp³-hybridized carbons (Fsp3) is 0.455. The minimum atomic E-state index is -0.615. The molecule has 2 unspecified atom stereocenters. The normalized spacial score (nSPS) is 22.2. The zero-order valence-corrected chi connectivity index (χ0v) is 19.7. The van der Waals surface area contributed by atoms with Crippen LogP contribution in [0.3, 0.4) is 0 Å². The summed E-state index contributed by atoms with van der Waals surface area (Å²) in [6.07, 6.45) is 1.14. The van der Waals surface area contributed by atoms with Crippen molar-refractivity contribution in [3.05, 3.63) is 46.2 Å². The Hall–Kier alpha value is -2.46. The smallest absolute Gasteiger partial charge is 0.350 e. The fourth-order valence-electron chi connectivity index (χ4n) is 4.08. The van der Waals surface area contributed by atoms with Gasteiger partial charge in [0.2, 0.25) is 5.91 Å². The Morgan fingerprint density at radius 1 is 1.34 bits per heavy atom. The van der Waals surface area contributed by atoms with E-state index in [1.54, 1.807) is 42.6 Å². The standard InChI is InChI=1S/C22H24FN3O4S2/c1-4-30-20(29)18-13(2)24-21(32-18)25(11-14-5-7-15(23)8-6-14)19(28)16-12-31-22(3)10-9-17(27)26(16)22/h5-8,16H,4,9-12H2,1-3H3. The van der Waals surface area contributed by atoms with Gasteiger partial charge in [-0.2, -0.15) is 0 Å². The second-order valence-electron chi connectivity index (χ2n) is 7.95. The minimum absolute atomic E-state index is 0.0277. The molecule has 0 radical (unpaired) electrons. The van der Waals surface area contributed by atoms with E-state index in [1.165, 1.54) is 17.0 Å². The van der Waals surface area contributed by atoms with Crippen molar-refractivity contribution in [2.24, 2.45) is 0 Å². The molecular formula is C22H24FN3O4S2. The molecule has 3 heterocycles. The predicted octanol–water partition coefficient (Wildman–Crippen LogP) is 3.75. The van der Waals surface area contributed by atoms with E-state index in [0.717, 1.165) is 11.3 Å². The van der Waals surface area contributed by atoms with Gasteiger partial charge in [0.05, 0.1) is 23.7 Å². The van der Waals surface area contributed by atoms with Crippen LogP contribution in [-0.2, 0) is 20.9 Å². The fourth-order valence-corrected chi connectivity index (χ4v) is 6.47. The van der Waals surface area contributed by atoms with E-state index in [-0.39, 0.29) is 35.7 Å². The highest BCUT2D eigenvalue weighted by molar-refractivity contribution is 8.01. The molecule has 32 heavy (non-hydrogen) atoms. The number of amides is 2. The SMILES string of the molecule is CCOC(=O)c1sc(N(Cc2ccc(F)cc2)C(=O)C2CSC3(C)CCC(=O)N23)nc1C. The summed E-state index contributed by atoms with van der Waals surface area (Å²) in [4.78, 5) is 46.3. The van der Waals surface area contributed by atoms with Gasteiger partial charge in [-0.3, -0.25) is 14.5 Å². The number of esters is 1. The highest BCUT2D eigenvalue weighted by atomic mass is 32.2. The van der Waals surface area contributed by atoms with E-state index in [2.05, 4.69) is 4.98 Å². The summed E-state index contributed by atoms with van der Waals surface area (Å²) in [5, 5.41) is 0.352. The topological polar surface area (TPSA) is 79.8 Å². The first-order valence-corrected chi connectivity index (χ1v) is 12.2. The van der Waals surface area contributed by atoms with Crippen molar-refractivity contribution in [2.75, 3.05) is 17.3 Å². The van der Waals surface area contributed by atoms with Gasteiger partial charge in [0.25, 0.3) is 5.91 Å². The van der Waals surface area contributed by atoms with Crippen LogP contribution in [0.4, 0.5) is 9.52 Å². The second-order valence-corrected chi connectivity index (χ2v) is 10.4. The monoisotopic (exact) mass is 477 g/mol. The number of anilines is 1. The zero-order chi connectivity index (χ0) is 23.0. The Morgan fingerprint density at radius 2 is 2.06 bits per heavy atom. The van der Waals surface area contributed by atoms with Crippen LogP contribution >= 0.6 is 23.1 Å². The zero-order valence-electron chi connectivity index (χ0n) is 18.1. The molecule has 0 bridgehead atoms. The van der Waals surface area contributed by atoms with Gasteiger partial charge in [-0.1, -0.05) is 23.5 Å². The average molecular weight is 478 g/mol. The maximum atomic E-state index is 13.8. The molecule has 2 fully saturated rings. The summed E-state index contributed by atoms with van der Waals surface area (Å²) in [5.41, 5.74) is 1.19. The quantitative estimate of drug-likeness (QED) is 0.590. The van der Waals surface area contributed by atoms with Crippen LogP contribution in [0.15, 0.2) is 24.3 Å². The van der Waals surface area contributed by atoms with E-state index < -0.39 is 12.0 Å². The molecule has 0 N–H and O–H groups in total. The summed E-state index contributed by atoms with van der Waals surface area (Å²) >= 11 is 2.70. The highest BCUT2D eigenvalue weighted by Crippen LogP contribution is 2.48. The number of fused-ring (bicyclic) bond motifs is 1. The van der Waals surface area contributed by atoms with Crippen LogP contribution in [0, 0.1) is 12.7 Å². The van der Waals surface area contributed by atoms with Crippen LogP contribution in [0.1, 0.15) is 47.6 Å². The number of hydrogen-bond acceptors (Lipinski definition) is 7. The lowest BCUT2D eigenvalue weighted by Crippen LogP contribution is -2.51. The van der Waals surface area contributed by atoms with E-state index in [1.807, 2.05) is 6.92 Å². The average Bonchev–Trinajstić information content (AvgIpc) is 3.40. The number of thioether (sulfide) groups is 1. The van der Waals surface area contributed by atoms with Gasteiger partial charge in [0.1, 0.15) is 16.7 Å². The summed E-state index contributed by atoms with van der Waals surface area (Å²) in [6, 6.07) is 5.27. The molecule has 2 amide bonds. The Morgan fingerprint density at radius 3 is 2.75 bits per heavy atom. The molecule has 2 atom stereocenters. The van der Waals surface area contributed by atoms with Crippen LogP contribution < -0.4 is 4.90 Å². The number of benzene rings is 1. The number of nitrogens with zero attached hydrogens (tertiary/aromatic N) is 3. The lowest BCUT2D eigenvalue weighted by molar-refractivity contribution is -0.136. The molecule has 1 aromatic heterocycles. The molecule has 10 heteroatoms. The van der Waals surface area contributed by atoms with Crippen molar-refractivity contribution in [1.82, 2.24) is 9.88 Å². The number of ether oxygens (including phenoxy) is 1. The maximum Gasteiger partial charge on any atom is 0.350 e. The number of rotatable bonds is 6. The summed E-state index contributed by atoms with van der Waals surface area (Å²) < 4.78 is 18.5. The van der Waals surface area contributed by atoms with Gasteiger partial charge < -0.3 is 9.64 Å². The van der Waals surface area contributed by atoms with Crippen molar-refractivity contribution in [2.45, 2.75) is 51.1 Å². The first-order chi connectivity index (χ1) is 15.2. The van der Waals surface area contributed by atoms with Crippen LogP contribution in [-0.4, -0.2) is 50.9 Å². The van der Waals surface area contributed by atoms with Crippen molar-refractivity contribution < 1.29 is 23.5 Å². The van der Waals surface area contributed by atoms with Crippen LogP contribution in [0.25, 0.3) is 0 Å². The third-order valence-corrected chi connectivity index (χ3v) is 8.39. The van der Waals surface area contributed by atoms with Gasteiger partial charge in [0.15, 0.2) is 5.13 Å². The number of thiazole rings is 1. The molecular weight excluding hydrogens is 453 g/mol. The van der Waals surface area contributed by atoms with Crippen molar-refractivity contribution in [3.63, 3.8) is 0 Å². The largest absolute Gasteiger partial charge is 0.462 e. The highest BCUT2D eigenvalue weighted by Gasteiger charge is 2.54. The van der Waals surface area contributed by atoms with Crippen molar-refractivity contribution in [3.8, 4) is 0 Å². The van der Waals surface area contributed by atoms with Crippen LogP contribution in [0.2, 0.25) is 0 Å². The number of carbonyl (C=O) groups excluding carboxylic acids is 3. The molecule has 0 spiro atoms. The third-order valence-electron chi connectivity index (χ3n) is 5.73. The van der Waals surface area contributed by atoms with E-state index in [9.17, 15) is 18.8 Å². The van der Waals surface area contributed by atoms with Gasteiger partial charge in [-0.25, -0.2) is 14.2 Å².